The van der Waals surface area contributed by atoms with E-state index >= 15 is 0 Å². The lowest BCUT2D eigenvalue weighted by atomic mass is 9.18. The Morgan fingerprint density at radius 3 is 1.37 bits per heavy atom. The number of nitrogens with zero attached hydrogens (tertiary/aromatic N) is 2. The van der Waals surface area contributed by atoms with Crippen molar-refractivity contribution in [2.24, 2.45) is 22.7 Å². The average molecular weight is 623 g/mol. The third-order valence-corrected chi connectivity index (χ3v) is 19.3. The lowest BCUT2D eigenvalue weighted by Gasteiger charge is -2.74. The predicted molar refractivity (Wildman–Crippen MR) is 189 cm³/mol. The summed E-state index contributed by atoms with van der Waals surface area (Å²) in [5, 5.41) is 3.71. The summed E-state index contributed by atoms with van der Waals surface area (Å²) in [6.07, 6.45) is 22.7. The van der Waals surface area contributed by atoms with E-state index in [1.807, 2.05) is 0 Å². The van der Waals surface area contributed by atoms with Crippen LogP contribution in [0.4, 0.5) is 0 Å². The monoisotopic (exact) mass is 622 g/mol. The first kappa shape index (κ1) is 29.8. The van der Waals surface area contributed by atoms with Gasteiger partial charge >= 0.3 is 0 Å². The average Bonchev–Trinajstić information content (AvgIpc) is 2.98. The van der Waals surface area contributed by atoms with E-state index in [9.17, 15) is 0 Å². The van der Waals surface area contributed by atoms with Crippen molar-refractivity contribution in [1.29, 1.82) is 0 Å². The number of hydrogen-bond donors (Lipinski definition) is 0. The summed E-state index contributed by atoms with van der Waals surface area (Å²) in [5.41, 5.74) is 0.919. The van der Waals surface area contributed by atoms with E-state index in [1.54, 1.807) is 12.8 Å². The van der Waals surface area contributed by atoms with Crippen LogP contribution in [0.25, 0.3) is 0 Å². The van der Waals surface area contributed by atoms with Crippen molar-refractivity contribution in [3.05, 3.63) is 0 Å². The minimum atomic E-state index is 0.460. The molecule has 4 saturated heterocycles. The fourth-order valence-electron chi connectivity index (χ4n) is 14.1. The normalized spacial score (nSPS) is 53.2. The molecule has 14 unspecified atom stereocenters. The van der Waals surface area contributed by atoms with Crippen LogP contribution in [0.5, 0.6) is 0 Å². The molecule has 14 atom stereocenters. The maximum absolute atomic E-state index is 3.42. The molecular formula is C38H63BN2S2. The van der Waals surface area contributed by atoms with Gasteiger partial charge in [0.15, 0.2) is 6.71 Å². The minimum Gasteiger partial charge on any atom is -0.293 e. The SMILES string of the molecule is CC(C)(C)C1CCC2C(C1)B1C3CC(C(C)(C)C)CCC3N3C4CCCCC4SC4CC5SC6CCCCC6N2C5C1C43. The number of thioether (sulfide) groups is 2. The van der Waals surface area contributed by atoms with Crippen LogP contribution in [0.1, 0.15) is 138 Å². The lowest BCUT2D eigenvalue weighted by Crippen LogP contribution is -2.81. The highest BCUT2D eigenvalue weighted by Gasteiger charge is 2.71. The molecule has 43 heavy (non-hydrogen) atoms. The van der Waals surface area contributed by atoms with Gasteiger partial charge < -0.3 is 0 Å². The second kappa shape index (κ2) is 10.6. The Hall–Kier alpha value is 0.685. The molecule has 0 spiro atoms. The molecule has 0 bridgehead atoms. The Morgan fingerprint density at radius 2 is 0.930 bits per heavy atom. The number of rotatable bonds is 0. The van der Waals surface area contributed by atoms with Crippen LogP contribution >= 0.6 is 23.5 Å². The first-order valence-electron chi connectivity index (χ1n) is 19.5. The quantitative estimate of drug-likeness (QED) is 0.248. The molecule has 5 saturated carbocycles. The number of fused-ring (bicyclic) bond motifs is 10. The lowest BCUT2D eigenvalue weighted by molar-refractivity contribution is -0.0670. The predicted octanol–water partition coefficient (Wildman–Crippen LogP) is 9.65. The van der Waals surface area contributed by atoms with Gasteiger partial charge in [-0.2, -0.15) is 23.5 Å². The Kier molecular flexibility index (Phi) is 7.34. The van der Waals surface area contributed by atoms with Gasteiger partial charge in [0.25, 0.3) is 0 Å². The molecular weight excluding hydrogens is 559 g/mol. The van der Waals surface area contributed by atoms with Crippen molar-refractivity contribution < 1.29 is 0 Å². The topological polar surface area (TPSA) is 6.48 Å². The summed E-state index contributed by atoms with van der Waals surface area (Å²) in [6.45, 7) is 16.5. The first-order valence-corrected chi connectivity index (χ1v) is 21.3. The smallest absolute Gasteiger partial charge is 0.157 e. The molecule has 0 amide bonds. The van der Waals surface area contributed by atoms with Crippen molar-refractivity contribution in [1.82, 2.24) is 9.80 Å². The summed E-state index contributed by atoms with van der Waals surface area (Å²) >= 11 is 5.15. The maximum Gasteiger partial charge on any atom is 0.157 e. The molecule has 240 valence electrons. The highest BCUT2D eigenvalue weighted by Crippen LogP contribution is 2.69. The van der Waals surface area contributed by atoms with Crippen LogP contribution in [-0.2, 0) is 0 Å². The van der Waals surface area contributed by atoms with Crippen LogP contribution in [-0.4, -0.2) is 73.8 Å². The fraction of sp³-hybridized carbons (Fsp3) is 1.00. The molecule has 0 N–H and O–H groups in total. The molecule has 0 aromatic rings. The van der Waals surface area contributed by atoms with Crippen molar-refractivity contribution in [3.63, 3.8) is 0 Å². The van der Waals surface area contributed by atoms with Crippen molar-refractivity contribution >= 4 is 30.2 Å². The van der Waals surface area contributed by atoms with E-state index in [0.717, 1.165) is 93.3 Å². The summed E-state index contributed by atoms with van der Waals surface area (Å²) < 4.78 is 0. The van der Waals surface area contributed by atoms with Gasteiger partial charge in [-0.3, -0.25) is 9.80 Å². The Bertz CT molecular complexity index is 989. The zero-order chi connectivity index (χ0) is 29.4. The van der Waals surface area contributed by atoms with Gasteiger partial charge in [-0.1, -0.05) is 80.1 Å². The molecule has 9 fully saturated rings. The van der Waals surface area contributed by atoms with Crippen molar-refractivity contribution in [2.45, 2.75) is 213 Å². The Balaban J connectivity index is 1.19. The summed E-state index contributed by atoms with van der Waals surface area (Å²) in [4.78, 5) is 6.85. The van der Waals surface area contributed by atoms with E-state index in [4.69, 9.17) is 0 Å². The van der Waals surface area contributed by atoms with Crippen LogP contribution in [0.2, 0.25) is 17.5 Å². The van der Waals surface area contributed by atoms with Gasteiger partial charge in [0.05, 0.1) is 0 Å². The summed E-state index contributed by atoms with van der Waals surface area (Å²) in [7, 11) is 0. The minimum absolute atomic E-state index is 0.460. The molecule has 5 aliphatic carbocycles. The van der Waals surface area contributed by atoms with Crippen LogP contribution in [0.3, 0.4) is 0 Å². The second-order valence-corrected chi connectivity index (χ2v) is 22.6. The van der Waals surface area contributed by atoms with Crippen LogP contribution in [0.15, 0.2) is 0 Å². The first-order chi connectivity index (χ1) is 20.6. The highest BCUT2D eigenvalue weighted by molar-refractivity contribution is 8.01. The molecule has 0 radical (unpaired) electrons. The summed E-state index contributed by atoms with van der Waals surface area (Å²) in [6, 6.07) is 5.38. The van der Waals surface area contributed by atoms with Crippen LogP contribution < -0.4 is 0 Å². The Morgan fingerprint density at radius 1 is 0.488 bits per heavy atom. The largest absolute Gasteiger partial charge is 0.293 e. The molecule has 9 rings (SSSR count). The maximum atomic E-state index is 3.42. The van der Waals surface area contributed by atoms with E-state index < -0.39 is 0 Å². The van der Waals surface area contributed by atoms with Gasteiger partial charge in [-0.05, 0) is 97.9 Å². The molecule has 4 aliphatic heterocycles. The van der Waals surface area contributed by atoms with E-state index in [-0.39, 0.29) is 0 Å². The van der Waals surface area contributed by atoms with E-state index in [0.29, 0.717) is 10.8 Å². The summed E-state index contributed by atoms with van der Waals surface area (Å²) in [5.74, 6) is 4.72. The van der Waals surface area contributed by atoms with Crippen molar-refractivity contribution in [3.8, 4) is 0 Å². The molecule has 5 heteroatoms. The zero-order valence-electron chi connectivity index (χ0n) is 28.6. The standard InChI is InChI=1S/C38H63BN2S2/c1-37(2,3)22-15-17-26-24(19-22)39-25-20-23(38(4,5)6)16-18-27(25)41-29-12-8-10-14-31(29)43-33-21-32-35(34(39)36(33)41)40(26)28-11-7-9-13-30(28)42-32/h22-36H,7-21H2,1-6H3. The van der Waals surface area contributed by atoms with Gasteiger partial charge in [0.1, 0.15) is 0 Å². The van der Waals surface area contributed by atoms with E-state index in [1.165, 1.54) is 83.5 Å². The van der Waals surface area contributed by atoms with Crippen molar-refractivity contribution in [2.75, 3.05) is 0 Å². The van der Waals surface area contributed by atoms with Gasteiger partial charge in [-0.25, -0.2) is 0 Å². The van der Waals surface area contributed by atoms with Gasteiger partial charge in [0.2, 0.25) is 0 Å². The molecule has 4 heterocycles. The van der Waals surface area contributed by atoms with Gasteiger partial charge in [-0.15, -0.1) is 0 Å². The number of hydrogen-bond acceptors (Lipinski definition) is 4. The second-order valence-electron chi connectivity index (χ2n) is 19.6. The molecule has 0 aromatic heterocycles. The van der Waals surface area contributed by atoms with E-state index in [2.05, 4.69) is 74.9 Å². The molecule has 9 aliphatic rings. The highest BCUT2D eigenvalue weighted by atomic mass is 32.2. The third-order valence-electron chi connectivity index (χ3n) is 15.9. The fourth-order valence-corrected chi connectivity index (χ4v) is 18.2. The molecule has 0 aromatic carbocycles. The Labute approximate surface area is 274 Å². The van der Waals surface area contributed by atoms with Gasteiger partial charge in [0, 0.05) is 57.3 Å². The molecule has 2 nitrogen and oxygen atoms in total. The zero-order valence-corrected chi connectivity index (χ0v) is 30.2. The van der Waals surface area contributed by atoms with Crippen LogP contribution in [0, 0.1) is 22.7 Å². The third kappa shape index (κ3) is 4.54.